The number of rotatable bonds is 4. The summed E-state index contributed by atoms with van der Waals surface area (Å²) >= 11 is 6.11. The summed E-state index contributed by atoms with van der Waals surface area (Å²) < 4.78 is 14.9. The lowest BCUT2D eigenvalue weighted by molar-refractivity contribution is 0.0622. The average Bonchev–Trinajstić information content (AvgIpc) is 2.96. The van der Waals surface area contributed by atoms with Crippen LogP contribution in [0.5, 0.6) is 0 Å². The zero-order valence-electron chi connectivity index (χ0n) is 13.6. The topological polar surface area (TPSA) is 41.4 Å². The summed E-state index contributed by atoms with van der Waals surface area (Å²) in [5.41, 5.74) is 1.26. The maximum absolute atomic E-state index is 13.3. The first-order valence-corrected chi connectivity index (χ1v) is 8.43. The van der Waals surface area contributed by atoms with Gasteiger partial charge in [0.25, 0.3) is 5.91 Å². The fourth-order valence-electron chi connectivity index (χ4n) is 2.86. The molecule has 0 N–H and O–H groups in total. The molecule has 0 saturated carbocycles. The standard InChI is InChI=1S/C17H20ClFN4O/c1-2-23-12-15(18)16(20-23)17(24)22-8-6-21(7-9-22)11-13-4-3-5-14(19)10-13/h3-5,10,12H,2,6-9,11H2,1H3. The van der Waals surface area contributed by atoms with E-state index in [-0.39, 0.29) is 11.7 Å². The highest BCUT2D eigenvalue weighted by Gasteiger charge is 2.25. The van der Waals surface area contributed by atoms with Crippen molar-refractivity contribution in [1.29, 1.82) is 0 Å². The molecular formula is C17H20ClFN4O. The molecular weight excluding hydrogens is 331 g/mol. The van der Waals surface area contributed by atoms with Crippen LogP contribution in [0.1, 0.15) is 23.0 Å². The van der Waals surface area contributed by atoms with Crippen LogP contribution in [0, 0.1) is 5.82 Å². The van der Waals surface area contributed by atoms with Crippen molar-refractivity contribution in [3.05, 3.63) is 52.6 Å². The molecule has 0 bridgehead atoms. The second kappa shape index (κ2) is 7.32. The van der Waals surface area contributed by atoms with Crippen LogP contribution in [-0.4, -0.2) is 51.7 Å². The molecule has 0 radical (unpaired) electrons. The second-order valence-corrected chi connectivity index (χ2v) is 6.29. The first kappa shape index (κ1) is 16.9. The maximum Gasteiger partial charge on any atom is 0.276 e. The third-order valence-electron chi connectivity index (χ3n) is 4.20. The Bertz CT molecular complexity index is 725. The number of hydrogen-bond donors (Lipinski definition) is 0. The van der Waals surface area contributed by atoms with Gasteiger partial charge < -0.3 is 4.90 Å². The summed E-state index contributed by atoms with van der Waals surface area (Å²) in [4.78, 5) is 16.5. The fourth-order valence-corrected chi connectivity index (χ4v) is 3.09. The number of carbonyl (C=O) groups is 1. The summed E-state index contributed by atoms with van der Waals surface area (Å²) in [6.07, 6.45) is 1.68. The van der Waals surface area contributed by atoms with Gasteiger partial charge in [-0.3, -0.25) is 14.4 Å². The highest BCUT2D eigenvalue weighted by Crippen LogP contribution is 2.18. The van der Waals surface area contributed by atoms with E-state index >= 15 is 0 Å². The van der Waals surface area contributed by atoms with Gasteiger partial charge in [-0.2, -0.15) is 5.10 Å². The molecule has 128 valence electrons. The lowest BCUT2D eigenvalue weighted by atomic mass is 10.2. The van der Waals surface area contributed by atoms with Crippen LogP contribution in [0.3, 0.4) is 0 Å². The number of halogens is 2. The summed E-state index contributed by atoms with van der Waals surface area (Å²) in [5, 5.41) is 4.63. The molecule has 1 fully saturated rings. The molecule has 0 spiro atoms. The van der Waals surface area contributed by atoms with E-state index in [1.54, 1.807) is 27.9 Å². The van der Waals surface area contributed by atoms with Gasteiger partial charge in [-0.1, -0.05) is 23.7 Å². The number of nitrogens with zero attached hydrogens (tertiary/aromatic N) is 4. The Morgan fingerprint density at radius 3 is 2.67 bits per heavy atom. The van der Waals surface area contributed by atoms with Crippen LogP contribution in [0.25, 0.3) is 0 Å². The van der Waals surface area contributed by atoms with Gasteiger partial charge in [-0.05, 0) is 24.6 Å². The van der Waals surface area contributed by atoms with Gasteiger partial charge in [-0.25, -0.2) is 4.39 Å². The number of hydrogen-bond acceptors (Lipinski definition) is 3. The van der Waals surface area contributed by atoms with Crippen molar-refractivity contribution in [3.63, 3.8) is 0 Å². The number of amides is 1. The first-order chi connectivity index (χ1) is 11.6. The fraction of sp³-hybridized carbons (Fsp3) is 0.412. The molecule has 0 aliphatic carbocycles. The van der Waals surface area contributed by atoms with E-state index in [2.05, 4.69) is 10.00 Å². The van der Waals surface area contributed by atoms with Crippen LogP contribution in [0.15, 0.2) is 30.5 Å². The Hall–Kier alpha value is -1.92. The summed E-state index contributed by atoms with van der Waals surface area (Å²) in [6, 6.07) is 6.63. The number of benzene rings is 1. The zero-order valence-corrected chi connectivity index (χ0v) is 14.3. The van der Waals surface area contributed by atoms with Crippen LogP contribution in [-0.2, 0) is 13.1 Å². The van der Waals surface area contributed by atoms with Gasteiger partial charge in [0.1, 0.15) is 5.82 Å². The smallest absolute Gasteiger partial charge is 0.276 e. The van der Waals surface area contributed by atoms with Crippen LogP contribution in [0.2, 0.25) is 5.02 Å². The van der Waals surface area contributed by atoms with Gasteiger partial charge in [0, 0.05) is 45.5 Å². The predicted molar refractivity (Wildman–Crippen MR) is 90.5 cm³/mol. The van der Waals surface area contributed by atoms with Crippen molar-refractivity contribution in [1.82, 2.24) is 19.6 Å². The Balaban J connectivity index is 1.58. The van der Waals surface area contributed by atoms with Crippen molar-refractivity contribution in [2.45, 2.75) is 20.0 Å². The molecule has 7 heteroatoms. The number of piperazine rings is 1. The number of carbonyl (C=O) groups excluding carboxylic acids is 1. The molecule has 2 heterocycles. The lowest BCUT2D eigenvalue weighted by Gasteiger charge is -2.34. The van der Waals surface area contributed by atoms with Crippen LogP contribution < -0.4 is 0 Å². The van der Waals surface area contributed by atoms with Crippen molar-refractivity contribution in [2.75, 3.05) is 26.2 Å². The van der Waals surface area contributed by atoms with E-state index in [9.17, 15) is 9.18 Å². The summed E-state index contributed by atoms with van der Waals surface area (Å²) in [5.74, 6) is -0.347. The van der Waals surface area contributed by atoms with Gasteiger partial charge in [-0.15, -0.1) is 0 Å². The monoisotopic (exact) mass is 350 g/mol. The summed E-state index contributed by atoms with van der Waals surface area (Å²) in [7, 11) is 0. The Morgan fingerprint density at radius 1 is 1.29 bits per heavy atom. The largest absolute Gasteiger partial charge is 0.335 e. The average molecular weight is 351 g/mol. The van der Waals surface area contributed by atoms with E-state index in [0.29, 0.717) is 36.9 Å². The molecule has 1 aromatic carbocycles. The van der Waals surface area contributed by atoms with Gasteiger partial charge in [0.15, 0.2) is 5.69 Å². The minimum atomic E-state index is -0.220. The quantitative estimate of drug-likeness (QED) is 0.851. The molecule has 5 nitrogen and oxygen atoms in total. The Morgan fingerprint density at radius 2 is 2.04 bits per heavy atom. The number of aryl methyl sites for hydroxylation is 1. The molecule has 1 saturated heterocycles. The molecule has 2 aromatic rings. The molecule has 1 aliphatic rings. The van der Waals surface area contributed by atoms with E-state index in [1.807, 2.05) is 13.0 Å². The molecule has 24 heavy (non-hydrogen) atoms. The lowest BCUT2D eigenvalue weighted by Crippen LogP contribution is -2.48. The molecule has 1 aromatic heterocycles. The highest BCUT2D eigenvalue weighted by atomic mass is 35.5. The Labute approximate surface area is 145 Å². The molecule has 1 aliphatic heterocycles. The van der Waals surface area contributed by atoms with Gasteiger partial charge in [0.2, 0.25) is 0 Å². The van der Waals surface area contributed by atoms with E-state index in [1.165, 1.54) is 6.07 Å². The third kappa shape index (κ3) is 3.76. The highest BCUT2D eigenvalue weighted by molar-refractivity contribution is 6.33. The minimum Gasteiger partial charge on any atom is -0.335 e. The third-order valence-corrected chi connectivity index (χ3v) is 4.47. The first-order valence-electron chi connectivity index (χ1n) is 8.06. The predicted octanol–water partition coefficient (Wildman–Crippen LogP) is 2.65. The maximum atomic E-state index is 13.3. The van der Waals surface area contributed by atoms with Crippen LogP contribution >= 0.6 is 11.6 Å². The molecule has 0 unspecified atom stereocenters. The normalized spacial score (nSPS) is 15.7. The van der Waals surface area contributed by atoms with Crippen molar-refractivity contribution in [2.24, 2.45) is 0 Å². The van der Waals surface area contributed by atoms with Crippen molar-refractivity contribution < 1.29 is 9.18 Å². The minimum absolute atomic E-state index is 0.127. The molecule has 0 atom stereocenters. The van der Waals surface area contributed by atoms with E-state index < -0.39 is 0 Å². The molecule has 3 rings (SSSR count). The van der Waals surface area contributed by atoms with E-state index in [4.69, 9.17) is 11.6 Å². The molecule has 1 amide bonds. The second-order valence-electron chi connectivity index (χ2n) is 5.88. The van der Waals surface area contributed by atoms with Crippen molar-refractivity contribution >= 4 is 17.5 Å². The summed E-state index contributed by atoms with van der Waals surface area (Å²) in [6.45, 7) is 6.03. The SMILES string of the molecule is CCn1cc(Cl)c(C(=O)N2CCN(Cc3cccc(F)c3)CC2)n1. The van der Waals surface area contributed by atoms with Crippen molar-refractivity contribution in [3.8, 4) is 0 Å². The van der Waals surface area contributed by atoms with Gasteiger partial charge in [0.05, 0.1) is 5.02 Å². The van der Waals surface area contributed by atoms with E-state index in [0.717, 1.165) is 18.7 Å². The Kier molecular flexibility index (Phi) is 5.16. The number of aromatic nitrogens is 2. The zero-order chi connectivity index (χ0) is 17.1. The van der Waals surface area contributed by atoms with Gasteiger partial charge >= 0.3 is 0 Å². The van der Waals surface area contributed by atoms with Crippen LogP contribution in [0.4, 0.5) is 4.39 Å².